The van der Waals surface area contributed by atoms with Crippen LogP contribution in [0.2, 0.25) is 0 Å². The van der Waals surface area contributed by atoms with E-state index in [1.165, 1.54) is 0 Å². The zero-order chi connectivity index (χ0) is 11.0. The number of carbonyl (C=O) groups is 1. The molecule has 0 aromatic rings. The molecule has 0 aliphatic rings. The van der Waals surface area contributed by atoms with Crippen molar-refractivity contribution in [1.82, 2.24) is 10.6 Å². The van der Waals surface area contributed by atoms with Crippen molar-refractivity contribution in [2.75, 3.05) is 19.6 Å². The Morgan fingerprint density at radius 1 is 1.43 bits per heavy atom. The summed E-state index contributed by atoms with van der Waals surface area (Å²) in [7, 11) is 0. The molecule has 14 heavy (non-hydrogen) atoms. The Labute approximate surface area is 86.6 Å². The molecule has 0 bridgehead atoms. The molecule has 80 valence electrons. The summed E-state index contributed by atoms with van der Waals surface area (Å²) in [5, 5.41) is 5.66. The first-order chi connectivity index (χ1) is 6.45. The lowest BCUT2D eigenvalue weighted by Gasteiger charge is -2.17. The van der Waals surface area contributed by atoms with Crippen LogP contribution in [-0.4, -0.2) is 25.5 Å². The lowest BCUT2D eigenvalue weighted by Crippen LogP contribution is -2.35. The molecule has 2 N–H and O–H groups in total. The van der Waals surface area contributed by atoms with Crippen molar-refractivity contribution in [1.29, 1.82) is 0 Å². The van der Waals surface area contributed by atoms with E-state index < -0.39 is 0 Å². The van der Waals surface area contributed by atoms with E-state index in [9.17, 15) is 4.79 Å². The van der Waals surface area contributed by atoms with E-state index in [2.05, 4.69) is 37.3 Å². The fourth-order valence-corrected chi connectivity index (χ4v) is 0.888. The number of carbonyl (C=O) groups excluding carboxylic acids is 1. The van der Waals surface area contributed by atoms with Crippen LogP contribution in [0.5, 0.6) is 0 Å². The maximum atomic E-state index is 11.2. The van der Waals surface area contributed by atoms with Crippen molar-refractivity contribution in [2.24, 2.45) is 5.41 Å². The highest BCUT2D eigenvalue weighted by molar-refractivity contribution is 5.77. The molecule has 0 aromatic heterocycles. The molecular weight excluding hydrogens is 176 g/mol. The molecule has 3 nitrogen and oxygen atoms in total. The topological polar surface area (TPSA) is 41.1 Å². The molecule has 0 aliphatic carbocycles. The Kier molecular flexibility index (Phi) is 5.98. The van der Waals surface area contributed by atoms with Gasteiger partial charge in [-0.25, -0.2) is 0 Å². The maximum Gasteiger partial charge on any atom is 0.233 e. The van der Waals surface area contributed by atoms with Gasteiger partial charge in [0.2, 0.25) is 5.91 Å². The van der Waals surface area contributed by atoms with Gasteiger partial charge in [0.25, 0.3) is 0 Å². The number of nitrogens with one attached hydrogen (secondary N) is 2. The summed E-state index contributed by atoms with van der Waals surface area (Å²) in [5.41, 5.74) is 0.263. The van der Waals surface area contributed by atoms with Crippen LogP contribution >= 0.6 is 0 Å². The van der Waals surface area contributed by atoms with Crippen LogP contribution in [0.4, 0.5) is 0 Å². The molecule has 0 aromatic carbocycles. The molecule has 0 radical (unpaired) electrons. The second-order valence-electron chi connectivity index (χ2n) is 4.47. The van der Waals surface area contributed by atoms with E-state index in [4.69, 9.17) is 6.42 Å². The van der Waals surface area contributed by atoms with Gasteiger partial charge in [-0.1, -0.05) is 26.7 Å². The SMILES string of the molecule is C#CCNCC(=O)NCCC(C)(C)C. The highest BCUT2D eigenvalue weighted by Gasteiger charge is 2.09. The van der Waals surface area contributed by atoms with E-state index in [1.807, 2.05) is 0 Å². The van der Waals surface area contributed by atoms with E-state index in [0.29, 0.717) is 13.1 Å². The summed E-state index contributed by atoms with van der Waals surface area (Å²) in [6.45, 7) is 7.91. The fourth-order valence-electron chi connectivity index (χ4n) is 0.888. The normalized spacial score (nSPS) is 10.7. The zero-order valence-electron chi connectivity index (χ0n) is 9.31. The summed E-state index contributed by atoms with van der Waals surface area (Å²) in [6.07, 6.45) is 6.01. The van der Waals surface area contributed by atoms with Gasteiger partial charge in [0.15, 0.2) is 0 Å². The van der Waals surface area contributed by atoms with Gasteiger partial charge >= 0.3 is 0 Å². The predicted molar refractivity (Wildman–Crippen MR) is 58.8 cm³/mol. The van der Waals surface area contributed by atoms with Crippen molar-refractivity contribution in [3.63, 3.8) is 0 Å². The molecule has 3 heteroatoms. The number of amides is 1. The van der Waals surface area contributed by atoms with Crippen LogP contribution in [-0.2, 0) is 4.79 Å². The Hall–Kier alpha value is -1.01. The smallest absolute Gasteiger partial charge is 0.233 e. The van der Waals surface area contributed by atoms with Gasteiger partial charge in [0.05, 0.1) is 13.1 Å². The third-order valence-electron chi connectivity index (χ3n) is 1.71. The average molecular weight is 196 g/mol. The first kappa shape index (κ1) is 13.0. The van der Waals surface area contributed by atoms with Crippen molar-refractivity contribution < 1.29 is 4.79 Å². The van der Waals surface area contributed by atoms with Crippen LogP contribution in [0.15, 0.2) is 0 Å². The Bertz CT molecular complexity index is 210. The van der Waals surface area contributed by atoms with Gasteiger partial charge in [-0.15, -0.1) is 6.42 Å². The van der Waals surface area contributed by atoms with Crippen LogP contribution in [0.25, 0.3) is 0 Å². The molecular formula is C11H20N2O. The van der Waals surface area contributed by atoms with E-state index in [-0.39, 0.29) is 11.3 Å². The molecule has 0 atom stereocenters. The largest absolute Gasteiger partial charge is 0.355 e. The van der Waals surface area contributed by atoms with Gasteiger partial charge < -0.3 is 5.32 Å². The van der Waals surface area contributed by atoms with Gasteiger partial charge in [-0.3, -0.25) is 10.1 Å². The molecule has 0 rings (SSSR count). The summed E-state index contributed by atoms with van der Waals surface area (Å²) in [6, 6.07) is 0. The van der Waals surface area contributed by atoms with Gasteiger partial charge in [0, 0.05) is 6.54 Å². The summed E-state index contributed by atoms with van der Waals surface area (Å²) >= 11 is 0. The predicted octanol–water partition coefficient (Wildman–Crippen LogP) is 0.762. The summed E-state index contributed by atoms with van der Waals surface area (Å²) in [4.78, 5) is 11.2. The maximum absolute atomic E-state index is 11.2. The Morgan fingerprint density at radius 3 is 2.57 bits per heavy atom. The molecule has 0 unspecified atom stereocenters. The van der Waals surface area contributed by atoms with E-state index in [0.717, 1.165) is 13.0 Å². The number of hydrogen-bond acceptors (Lipinski definition) is 2. The molecule has 0 saturated carbocycles. The number of hydrogen-bond donors (Lipinski definition) is 2. The third kappa shape index (κ3) is 9.08. The Morgan fingerprint density at radius 2 is 2.07 bits per heavy atom. The lowest BCUT2D eigenvalue weighted by atomic mass is 9.92. The van der Waals surface area contributed by atoms with Crippen LogP contribution in [0, 0.1) is 17.8 Å². The van der Waals surface area contributed by atoms with Gasteiger partial charge in [0.1, 0.15) is 0 Å². The lowest BCUT2D eigenvalue weighted by molar-refractivity contribution is -0.120. The van der Waals surface area contributed by atoms with Crippen molar-refractivity contribution >= 4 is 5.91 Å². The van der Waals surface area contributed by atoms with Crippen molar-refractivity contribution in [2.45, 2.75) is 27.2 Å². The minimum absolute atomic E-state index is 0.00417. The first-order valence-electron chi connectivity index (χ1n) is 4.86. The fraction of sp³-hybridized carbons (Fsp3) is 0.727. The highest BCUT2D eigenvalue weighted by Crippen LogP contribution is 2.16. The monoisotopic (exact) mass is 196 g/mol. The van der Waals surface area contributed by atoms with E-state index >= 15 is 0 Å². The standard InChI is InChI=1S/C11H20N2O/c1-5-7-12-9-10(14)13-8-6-11(2,3)4/h1,12H,6-9H2,2-4H3,(H,13,14). The highest BCUT2D eigenvalue weighted by atomic mass is 16.1. The van der Waals surface area contributed by atoms with Crippen molar-refractivity contribution in [3.8, 4) is 12.3 Å². The minimum Gasteiger partial charge on any atom is -0.355 e. The summed E-state index contributed by atoms with van der Waals surface area (Å²) in [5.74, 6) is 2.42. The van der Waals surface area contributed by atoms with Gasteiger partial charge in [-0.2, -0.15) is 0 Å². The molecule has 1 amide bonds. The zero-order valence-corrected chi connectivity index (χ0v) is 9.31. The molecule has 0 aliphatic heterocycles. The van der Waals surface area contributed by atoms with Crippen molar-refractivity contribution in [3.05, 3.63) is 0 Å². The van der Waals surface area contributed by atoms with Crippen LogP contribution < -0.4 is 10.6 Å². The average Bonchev–Trinajstić information content (AvgIpc) is 2.02. The molecule has 0 fully saturated rings. The van der Waals surface area contributed by atoms with Gasteiger partial charge in [-0.05, 0) is 11.8 Å². The molecule has 0 spiro atoms. The number of rotatable bonds is 5. The first-order valence-corrected chi connectivity index (χ1v) is 4.86. The summed E-state index contributed by atoms with van der Waals surface area (Å²) < 4.78 is 0. The van der Waals surface area contributed by atoms with E-state index in [1.54, 1.807) is 0 Å². The second kappa shape index (κ2) is 6.44. The minimum atomic E-state index is 0.00417. The second-order valence-corrected chi connectivity index (χ2v) is 4.47. The molecule has 0 saturated heterocycles. The molecule has 0 heterocycles. The van der Waals surface area contributed by atoms with Crippen LogP contribution in [0.3, 0.4) is 0 Å². The Balaban J connectivity index is 3.42. The number of terminal acetylenes is 1. The third-order valence-corrected chi connectivity index (χ3v) is 1.71. The van der Waals surface area contributed by atoms with Crippen LogP contribution in [0.1, 0.15) is 27.2 Å². The quantitative estimate of drug-likeness (QED) is 0.503.